The normalized spacial score (nSPS) is 18.2. The number of hydrogen-bond donors (Lipinski definition) is 4. The van der Waals surface area contributed by atoms with Crippen LogP contribution in [0, 0.1) is 0 Å². The van der Waals surface area contributed by atoms with E-state index in [9.17, 15) is 39.6 Å². The minimum atomic E-state index is -1.04. The van der Waals surface area contributed by atoms with Gasteiger partial charge in [0.15, 0.2) is 0 Å². The van der Waals surface area contributed by atoms with Crippen molar-refractivity contribution in [1.29, 1.82) is 0 Å². The number of nitrogens with zero attached hydrogens (tertiary/aromatic N) is 4. The van der Waals surface area contributed by atoms with Crippen molar-refractivity contribution >= 4 is 23.9 Å². The second-order valence-electron chi connectivity index (χ2n) is 23.7. The molecule has 358 valence electrons. The lowest BCUT2D eigenvalue weighted by Crippen LogP contribution is -2.44. The molecule has 2 atom stereocenters. The third-order valence-electron chi connectivity index (χ3n) is 13.1. The van der Waals surface area contributed by atoms with Gasteiger partial charge in [0.1, 0.15) is 22.6 Å². The molecule has 0 aromatic heterocycles. The summed E-state index contributed by atoms with van der Waals surface area (Å²) >= 11 is 0. The molecular weight excluding hydrogens is 809 g/mol. The Kier molecular flexibility index (Phi) is 15.6. The highest BCUT2D eigenvalue weighted by Crippen LogP contribution is 2.42. The van der Waals surface area contributed by atoms with Crippen molar-refractivity contribution < 1.29 is 39.6 Å². The zero-order valence-electron chi connectivity index (χ0n) is 42.2. The molecule has 2 aromatic carbocycles. The molecule has 4 rings (SSSR count). The van der Waals surface area contributed by atoms with Crippen molar-refractivity contribution in [2.75, 3.05) is 26.2 Å². The predicted molar refractivity (Wildman–Crippen MR) is 254 cm³/mol. The number of urea groups is 2. The molecule has 2 unspecified atom stereocenters. The van der Waals surface area contributed by atoms with Crippen molar-refractivity contribution in [1.82, 2.24) is 19.6 Å². The molecule has 0 spiro atoms. The van der Waals surface area contributed by atoms with E-state index in [0.717, 1.165) is 59.1 Å². The maximum atomic E-state index is 13.6. The average Bonchev–Trinajstić information content (AvgIpc) is 3.40. The first-order valence-electron chi connectivity index (χ1n) is 23.5. The minimum Gasteiger partial charge on any atom is -0.507 e. The first-order chi connectivity index (χ1) is 29.1. The van der Waals surface area contributed by atoms with Gasteiger partial charge < -0.3 is 30.2 Å². The number of carbonyl (C=O) groups is 4. The molecule has 4 N–H and O–H groups in total. The second-order valence-corrected chi connectivity index (χ2v) is 23.7. The summed E-state index contributed by atoms with van der Waals surface area (Å²) in [5.41, 5.74) is 1.44. The monoisotopic (exact) mass is 891 g/mol. The lowest BCUT2D eigenvalue weighted by molar-refractivity contribution is -0.133. The summed E-state index contributed by atoms with van der Waals surface area (Å²) in [6.45, 7) is 32.0. The van der Waals surface area contributed by atoms with E-state index in [4.69, 9.17) is 0 Å². The topological polar surface area (TPSA) is 162 Å². The number of aliphatic hydroxyl groups is 2. The van der Waals surface area contributed by atoms with Crippen molar-refractivity contribution in [3.05, 3.63) is 57.6 Å². The lowest BCUT2D eigenvalue weighted by atomic mass is 9.78. The maximum absolute atomic E-state index is 13.6. The van der Waals surface area contributed by atoms with Crippen LogP contribution in [0.2, 0.25) is 0 Å². The number of imide groups is 2. The van der Waals surface area contributed by atoms with Crippen LogP contribution in [-0.4, -0.2) is 113 Å². The highest BCUT2D eigenvalue weighted by atomic mass is 16.3. The highest BCUT2D eigenvalue weighted by molar-refractivity contribution is 6.07. The van der Waals surface area contributed by atoms with E-state index >= 15 is 0 Å². The summed E-state index contributed by atoms with van der Waals surface area (Å²) in [7, 11) is 0. The molecule has 0 bridgehead atoms. The van der Waals surface area contributed by atoms with Crippen molar-refractivity contribution in [2.24, 2.45) is 0 Å². The number of phenolic OH excluding ortho intramolecular Hbond substituents is 2. The van der Waals surface area contributed by atoms with Gasteiger partial charge in [-0.1, -0.05) is 133 Å². The standard InChI is InChI=1S/C52H82N4O8/c1-47(2,3)37-27-33(28-38(41(37)59)48(4,5)6)25-35(57)31-53-43(61)51(13,14)55(45(53)63)23-21-19-17-18-20-22-24-56-46(64)54(44(62)52(56,15)16)32-36(58)26-34-29-39(49(7,8)9)42(60)40(30-34)50(10,11)12/h27-30,35-36,57-60H,17-26,31-32H2,1-16H3. The van der Waals surface area contributed by atoms with Crippen LogP contribution in [0.3, 0.4) is 0 Å². The third kappa shape index (κ3) is 11.6. The summed E-state index contributed by atoms with van der Waals surface area (Å²) in [5.74, 6) is -0.147. The van der Waals surface area contributed by atoms with Crippen molar-refractivity contribution in [2.45, 2.75) is 207 Å². The average molecular weight is 891 g/mol. The Balaban J connectivity index is 1.25. The van der Waals surface area contributed by atoms with Crippen LogP contribution >= 0.6 is 0 Å². The van der Waals surface area contributed by atoms with E-state index in [1.165, 1.54) is 9.80 Å². The molecule has 0 aliphatic carbocycles. The minimum absolute atomic E-state index is 0.120. The van der Waals surface area contributed by atoms with Crippen LogP contribution in [0.4, 0.5) is 9.59 Å². The molecule has 2 saturated heterocycles. The second kappa shape index (κ2) is 19.0. The van der Waals surface area contributed by atoms with E-state index in [0.29, 0.717) is 25.9 Å². The summed E-state index contributed by atoms with van der Waals surface area (Å²) in [6, 6.07) is 6.86. The Hall–Kier alpha value is -4.16. The van der Waals surface area contributed by atoms with Crippen LogP contribution in [0.1, 0.15) is 183 Å². The first-order valence-corrected chi connectivity index (χ1v) is 23.5. The van der Waals surface area contributed by atoms with Crippen LogP contribution in [0.15, 0.2) is 24.3 Å². The van der Waals surface area contributed by atoms with E-state index in [-0.39, 0.29) is 70.9 Å². The molecule has 2 aliphatic rings. The van der Waals surface area contributed by atoms with Crippen LogP contribution in [-0.2, 0) is 44.1 Å². The number of amides is 6. The predicted octanol–water partition coefficient (Wildman–Crippen LogP) is 9.22. The molecule has 2 aliphatic heterocycles. The largest absolute Gasteiger partial charge is 0.507 e. The number of carbonyl (C=O) groups excluding carboxylic acids is 4. The summed E-state index contributed by atoms with van der Waals surface area (Å²) < 4.78 is 0. The Morgan fingerprint density at radius 2 is 0.719 bits per heavy atom. The van der Waals surface area contributed by atoms with Crippen LogP contribution in [0.5, 0.6) is 11.5 Å². The van der Waals surface area contributed by atoms with Gasteiger partial charge in [-0.25, -0.2) is 9.59 Å². The van der Waals surface area contributed by atoms with Gasteiger partial charge in [-0.2, -0.15) is 0 Å². The molecule has 0 saturated carbocycles. The lowest BCUT2D eigenvalue weighted by Gasteiger charge is -2.29. The van der Waals surface area contributed by atoms with E-state index in [1.807, 2.05) is 107 Å². The van der Waals surface area contributed by atoms with Gasteiger partial charge in [0.2, 0.25) is 0 Å². The Morgan fingerprint density at radius 1 is 0.469 bits per heavy atom. The maximum Gasteiger partial charge on any atom is 0.327 e. The van der Waals surface area contributed by atoms with Gasteiger partial charge in [-0.05, 0) is 95.6 Å². The smallest absolute Gasteiger partial charge is 0.327 e. The van der Waals surface area contributed by atoms with E-state index in [2.05, 4.69) is 0 Å². The SMILES string of the molecule is CC(C)(C)c1cc(CC(O)CN2C(=O)N(CCCCCCCCN3C(=O)N(CC(O)Cc4cc(C(C)(C)C)c(O)c(C(C)(C)C)c4)C(=O)C3(C)C)C(C)(C)C2=O)cc(C(C)(C)C)c1O. The van der Waals surface area contributed by atoms with Gasteiger partial charge in [-0.15, -0.1) is 0 Å². The number of aliphatic hydroxyl groups excluding tert-OH is 2. The molecule has 6 amide bonds. The fraction of sp³-hybridized carbons (Fsp3) is 0.692. The zero-order chi connectivity index (χ0) is 48.7. The number of hydrogen-bond acceptors (Lipinski definition) is 8. The van der Waals surface area contributed by atoms with E-state index in [1.54, 1.807) is 37.5 Å². The summed E-state index contributed by atoms with van der Waals surface area (Å²) in [6.07, 6.45) is 3.40. The molecule has 64 heavy (non-hydrogen) atoms. The van der Waals surface area contributed by atoms with Crippen LogP contribution in [0.25, 0.3) is 0 Å². The summed E-state index contributed by atoms with van der Waals surface area (Å²) in [5, 5.41) is 44.7. The molecule has 2 aromatic rings. The molecular formula is C52H82N4O8. The van der Waals surface area contributed by atoms with Gasteiger partial charge in [0.25, 0.3) is 11.8 Å². The number of rotatable bonds is 17. The zero-order valence-corrected chi connectivity index (χ0v) is 42.2. The fourth-order valence-corrected chi connectivity index (χ4v) is 9.16. The van der Waals surface area contributed by atoms with Crippen molar-refractivity contribution in [3.8, 4) is 11.5 Å². The van der Waals surface area contributed by atoms with Gasteiger partial charge in [-0.3, -0.25) is 19.4 Å². The number of β-amino-alcohol motifs (C(OH)–C–C–N with tert-alkyl or cyclic N) is 2. The van der Waals surface area contributed by atoms with Crippen LogP contribution < -0.4 is 0 Å². The van der Waals surface area contributed by atoms with Gasteiger partial charge >= 0.3 is 12.1 Å². The quantitative estimate of drug-likeness (QED) is 0.0903. The third-order valence-corrected chi connectivity index (χ3v) is 13.1. The highest BCUT2D eigenvalue weighted by Gasteiger charge is 2.52. The van der Waals surface area contributed by atoms with Gasteiger partial charge in [0.05, 0.1) is 25.3 Å². The molecule has 2 heterocycles. The van der Waals surface area contributed by atoms with E-state index < -0.39 is 35.3 Å². The Labute approximate surface area is 384 Å². The van der Waals surface area contributed by atoms with Gasteiger partial charge in [0, 0.05) is 25.9 Å². The molecule has 12 heteroatoms. The molecule has 12 nitrogen and oxygen atoms in total. The number of benzene rings is 2. The Morgan fingerprint density at radius 3 is 0.969 bits per heavy atom. The number of aromatic hydroxyl groups is 2. The fourth-order valence-electron chi connectivity index (χ4n) is 9.16. The first kappa shape index (κ1) is 52.5. The molecule has 2 fully saturated rings. The number of unbranched alkanes of at least 4 members (excludes halogenated alkanes) is 5. The summed E-state index contributed by atoms with van der Waals surface area (Å²) in [4.78, 5) is 59.9. The Bertz CT molecular complexity index is 1830. The van der Waals surface area contributed by atoms with Crippen molar-refractivity contribution in [3.63, 3.8) is 0 Å². The molecule has 0 radical (unpaired) electrons. The number of phenols is 2.